The normalized spacial score (nSPS) is 12.8. The van der Waals surface area contributed by atoms with E-state index >= 15 is 0 Å². The first-order chi connectivity index (χ1) is 7.99. The zero-order chi connectivity index (χ0) is 12.8. The molecule has 1 aromatic rings. The summed E-state index contributed by atoms with van der Waals surface area (Å²) in [4.78, 5) is 15.1. The lowest BCUT2D eigenvalue weighted by molar-refractivity contribution is -0.122. The summed E-state index contributed by atoms with van der Waals surface area (Å²) in [5.41, 5.74) is 0. The zero-order valence-corrected chi connectivity index (χ0v) is 9.19. The van der Waals surface area contributed by atoms with Crippen LogP contribution in [0, 0.1) is 6.92 Å². The summed E-state index contributed by atoms with van der Waals surface area (Å²) in [5.74, 6) is 0.321. The molecule has 0 aromatic carbocycles. The molecule has 0 spiro atoms. The maximum absolute atomic E-state index is 11.9. The molecule has 0 aliphatic rings. The lowest BCUT2D eigenvalue weighted by Crippen LogP contribution is -2.35. The first-order valence-corrected chi connectivity index (χ1v) is 5.01. The predicted molar refractivity (Wildman–Crippen MR) is 52.4 cm³/mol. The minimum Gasteiger partial charge on any atom is -0.385 e. The lowest BCUT2D eigenvalue weighted by atomic mass is 10.3. The second-order valence-electron chi connectivity index (χ2n) is 3.44. The number of hydrogen-bond donors (Lipinski definition) is 2. The van der Waals surface area contributed by atoms with Crippen LogP contribution in [-0.4, -0.2) is 40.2 Å². The van der Waals surface area contributed by atoms with Gasteiger partial charge in [0.25, 0.3) is 6.43 Å². The fraction of sp³-hybridized carbons (Fsp3) is 0.667. The van der Waals surface area contributed by atoms with E-state index in [-0.39, 0.29) is 12.8 Å². The highest BCUT2D eigenvalue weighted by Crippen LogP contribution is 2.01. The molecule has 1 unspecified atom stereocenters. The molecule has 96 valence electrons. The largest absolute Gasteiger partial charge is 0.385 e. The van der Waals surface area contributed by atoms with Crippen molar-refractivity contribution in [3.63, 3.8) is 0 Å². The maximum atomic E-state index is 11.9. The van der Waals surface area contributed by atoms with Crippen LogP contribution in [0.1, 0.15) is 18.1 Å². The van der Waals surface area contributed by atoms with Crippen LogP contribution in [0.25, 0.3) is 0 Å². The number of nitrogens with one attached hydrogen (secondary N) is 1. The van der Waals surface area contributed by atoms with E-state index < -0.39 is 25.0 Å². The van der Waals surface area contributed by atoms with Crippen LogP contribution in [0.3, 0.4) is 0 Å². The summed E-state index contributed by atoms with van der Waals surface area (Å²) >= 11 is 0. The van der Waals surface area contributed by atoms with Gasteiger partial charge in [0.05, 0.1) is 0 Å². The van der Waals surface area contributed by atoms with Gasteiger partial charge in [-0.05, 0) is 6.92 Å². The number of nitrogens with zero attached hydrogens (tertiary/aromatic N) is 2. The van der Waals surface area contributed by atoms with E-state index in [0.29, 0.717) is 11.7 Å². The molecule has 1 atom stereocenters. The van der Waals surface area contributed by atoms with Crippen LogP contribution < -0.4 is 5.32 Å². The highest BCUT2D eigenvalue weighted by molar-refractivity contribution is 5.76. The van der Waals surface area contributed by atoms with Crippen molar-refractivity contribution in [1.29, 1.82) is 0 Å². The van der Waals surface area contributed by atoms with Gasteiger partial charge in [-0.3, -0.25) is 4.79 Å². The monoisotopic (exact) mass is 249 g/mol. The first kappa shape index (κ1) is 13.5. The van der Waals surface area contributed by atoms with Crippen molar-refractivity contribution in [2.24, 2.45) is 0 Å². The highest BCUT2D eigenvalue weighted by Gasteiger charge is 2.17. The van der Waals surface area contributed by atoms with Crippen LogP contribution in [0.4, 0.5) is 8.78 Å². The van der Waals surface area contributed by atoms with Crippen LogP contribution in [0.2, 0.25) is 0 Å². The number of hydrogen-bond acceptors (Lipinski definition) is 5. The molecule has 0 saturated carbocycles. The SMILES string of the molecule is Cc1noc(CCC(=O)NCC(O)C(F)F)n1. The van der Waals surface area contributed by atoms with E-state index in [1.165, 1.54) is 0 Å². The number of aryl methyl sites for hydroxylation is 2. The summed E-state index contributed by atoms with van der Waals surface area (Å²) in [6.07, 6.45) is -4.44. The topological polar surface area (TPSA) is 88.2 Å². The number of aliphatic hydroxyl groups is 1. The van der Waals surface area contributed by atoms with Crippen molar-refractivity contribution in [1.82, 2.24) is 15.5 Å². The van der Waals surface area contributed by atoms with E-state index in [4.69, 9.17) is 9.63 Å². The molecule has 0 aliphatic carbocycles. The summed E-state index contributed by atoms with van der Waals surface area (Å²) in [6, 6.07) is 0. The van der Waals surface area contributed by atoms with E-state index in [1.807, 2.05) is 0 Å². The van der Waals surface area contributed by atoms with Crippen LogP contribution in [-0.2, 0) is 11.2 Å². The van der Waals surface area contributed by atoms with Crippen LogP contribution in [0.15, 0.2) is 4.52 Å². The molecule has 1 rings (SSSR count). The number of amides is 1. The van der Waals surface area contributed by atoms with Gasteiger partial charge in [0.2, 0.25) is 11.8 Å². The number of carbonyl (C=O) groups is 1. The average molecular weight is 249 g/mol. The van der Waals surface area contributed by atoms with Gasteiger partial charge in [-0.15, -0.1) is 0 Å². The molecule has 0 bridgehead atoms. The fourth-order valence-electron chi connectivity index (χ4n) is 1.06. The molecule has 1 amide bonds. The Morgan fingerprint density at radius 2 is 2.29 bits per heavy atom. The minimum atomic E-state index is -2.87. The molecule has 2 N–H and O–H groups in total. The van der Waals surface area contributed by atoms with E-state index in [2.05, 4.69) is 15.5 Å². The van der Waals surface area contributed by atoms with Gasteiger partial charge in [-0.2, -0.15) is 4.98 Å². The Labute approximate surface area is 96.0 Å². The van der Waals surface area contributed by atoms with Gasteiger partial charge in [0, 0.05) is 19.4 Å². The van der Waals surface area contributed by atoms with Gasteiger partial charge in [-0.1, -0.05) is 5.16 Å². The number of rotatable bonds is 6. The Hall–Kier alpha value is -1.57. The Kier molecular flexibility index (Phi) is 4.95. The molecule has 1 heterocycles. The molecule has 1 aromatic heterocycles. The molecule has 0 aliphatic heterocycles. The zero-order valence-electron chi connectivity index (χ0n) is 9.19. The smallest absolute Gasteiger partial charge is 0.265 e. The van der Waals surface area contributed by atoms with Gasteiger partial charge in [0.15, 0.2) is 5.82 Å². The molecule has 0 radical (unpaired) electrons. The fourth-order valence-corrected chi connectivity index (χ4v) is 1.06. The molecular weight excluding hydrogens is 236 g/mol. The average Bonchev–Trinajstić information content (AvgIpc) is 2.69. The molecular formula is C9H13F2N3O3. The van der Waals surface area contributed by atoms with Crippen LogP contribution in [0.5, 0.6) is 0 Å². The van der Waals surface area contributed by atoms with Gasteiger partial charge in [-0.25, -0.2) is 8.78 Å². The van der Waals surface area contributed by atoms with E-state index in [1.54, 1.807) is 6.92 Å². The Bertz CT molecular complexity index is 370. The number of carbonyl (C=O) groups excluding carboxylic acids is 1. The van der Waals surface area contributed by atoms with Gasteiger partial charge in [0.1, 0.15) is 6.10 Å². The summed E-state index contributed by atoms with van der Waals surface area (Å²) < 4.78 is 28.6. The standard InChI is InChI=1S/C9H13F2N3O3/c1-5-13-8(17-14-5)3-2-7(16)12-4-6(15)9(10)11/h6,9,15H,2-4H2,1H3,(H,12,16). The molecule has 6 nitrogen and oxygen atoms in total. The summed E-state index contributed by atoms with van der Waals surface area (Å²) in [7, 11) is 0. The van der Waals surface area contributed by atoms with Crippen molar-refractivity contribution < 1.29 is 23.2 Å². The minimum absolute atomic E-state index is 0.0393. The molecule has 17 heavy (non-hydrogen) atoms. The highest BCUT2D eigenvalue weighted by atomic mass is 19.3. The molecule has 8 heteroatoms. The second kappa shape index (κ2) is 6.24. The Balaban J connectivity index is 2.22. The first-order valence-electron chi connectivity index (χ1n) is 5.01. The summed E-state index contributed by atoms with van der Waals surface area (Å²) in [5, 5.41) is 14.5. The predicted octanol–water partition coefficient (Wildman–Crippen LogP) is 0.0528. The molecule has 0 saturated heterocycles. The number of halogens is 2. The van der Waals surface area contributed by atoms with Crippen molar-refractivity contribution >= 4 is 5.91 Å². The second-order valence-corrected chi connectivity index (χ2v) is 3.44. The third-order valence-corrected chi connectivity index (χ3v) is 1.93. The van der Waals surface area contributed by atoms with Crippen molar-refractivity contribution in [3.8, 4) is 0 Å². The van der Waals surface area contributed by atoms with Crippen molar-refractivity contribution in [2.75, 3.05) is 6.54 Å². The van der Waals surface area contributed by atoms with Crippen LogP contribution >= 0.6 is 0 Å². The quantitative estimate of drug-likeness (QED) is 0.743. The van der Waals surface area contributed by atoms with E-state index in [9.17, 15) is 13.6 Å². The van der Waals surface area contributed by atoms with Gasteiger partial charge < -0.3 is 14.9 Å². The Morgan fingerprint density at radius 1 is 1.59 bits per heavy atom. The van der Waals surface area contributed by atoms with Crippen molar-refractivity contribution in [3.05, 3.63) is 11.7 Å². The number of aliphatic hydroxyl groups excluding tert-OH is 1. The van der Waals surface area contributed by atoms with Gasteiger partial charge >= 0.3 is 0 Å². The van der Waals surface area contributed by atoms with E-state index in [0.717, 1.165) is 0 Å². The number of alkyl halides is 2. The maximum Gasteiger partial charge on any atom is 0.265 e. The summed E-state index contributed by atoms with van der Waals surface area (Å²) in [6.45, 7) is 1.17. The lowest BCUT2D eigenvalue weighted by Gasteiger charge is -2.09. The number of aromatic nitrogens is 2. The van der Waals surface area contributed by atoms with Crippen molar-refractivity contribution in [2.45, 2.75) is 32.3 Å². The third-order valence-electron chi connectivity index (χ3n) is 1.93. The third kappa shape index (κ3) is 4.85. The Morgan fingerprint density at radius 3 is 2.82 bits per heavy atom. The molecule has 0 fully saturated rings.